The van der Waals surface area contributed by atoms with Crippen molar-refractivity contribution < 1.29 is 14.3 Å². The Kier molecular flexibility index (Phi) is 6.23. The summed E-state index contributed by atoms with van der Waals surface area (Å²) in [6, 6.07) is 0. The first kappa shape index (κ1) is 19.5. The third kappa shape index (κ3) is 4.60. The zero-order valence-corrected chi connectivity index (χ0v) is 16.5. The Bertz CT molecular complexity index is 857. The van der Waals surface area contributed by atoms with E-state index in [1.807, 2.05) is 13.8 Å². The van der Waals surface area contributed by atoms with E-state index < -0.39 is 11.2 Å². The smallest absolute Gasteiger partial charge is 0.319 e. The van der Waals surface area contributed by atoms with E-state index in [0.717, 1.165) is 10.4 Å². The monoisotopic (exact) mass is 383 g/mol. The Morgan fingerprint density at radius 3 is 2.68 bits per heavy atom. The normalized spacial score (nSPS) is 12.2. The van der Waals surface area contributed by atoms with Crippen LogP contribution in [0.2, 0.25) is 0 Å². The Morgan fingerprint density at radius 1 is 1.36 bits per heavy atom. The van der Waals surface area contributed by atoms with Gasteiger partial charge in [0, 0.05) is 19.0 Å². The number of likely N-dealkylation sites (N-methyl/N-ethyl adjacent to an activating group) is 1. The first-order valence-corrected chi connectivity index (χ1v) is 9.54. The lowest BCUT2D eigenvalue weighted by atomic mass is 10.2. The van der Waals surface area contributed by atoms with Gasteiger partial charge in [-0.3, -0.25) is 14.4 Å². The lowest BCUT2D eigenvalue weighted by Gasteiger charge is -2.13. The number of H-pyrrole nitrogens is 1. The highest BCUT2D eigenvalue weighted by Gasteiger charge is 2.18. The number of nitrogens with one attached hydrogen (secondary N) is 1. The van der Waals surface area contributed by atoms with Crippen LogP contribution in [0, 0.1) is 13.8 Å². The molecule has 2 aromatic rings. The number of thiophene rings is 1. The molecule has 0 bridgehead atoms. The molecule has 25 heavy (non-hydrogen) atoms. The van der Waals surface area contributed by atoms with Crippen molar-refractivity contribution in [1.29, 1.82) is 0 Å². The quantitative estimate of drug-likeness (QED) is 0.766. The van der Waals surface area contributed by atoms with Gasteiger partial charge in [0.1, 0.15) is 15.9 Å². The number of rotatable bonds is 6. The molecular weight excluding hydrogens is 362 g/mol. The van der Waals surface area contributed by atoms with Gasteiger partial charge in [-0.1, -0.05) is 0 Å². The predicted octanol–water partition coefficient (Wildman–Crippen LogP) is 1.85. The van der Waals surface area contributed by atoms with Crippen molar-refractivity contribution in [2.75, 3.05) is 20.7 Å². The van der Waals surface area contributed by atoms with Crippen LogP contribution >= 0.6 is 23.1 Å². The summed E-state index contributed by atoms with van der Waals surface area (Å²) in [5, 5.41) is 0.161. The predicted molar refractivity (Wildman–Crippen MR) is 100 cm³/mol. The van der Waals surface area contributed by atoms with Crippen molar-refractivity contribution in [3.63, 3.8) is 0 Å². The van der Waals surface area contributed by atoms with Gasteiger partial charge in [0.2, 0.25) is 0 Å². The molecule has 0 aromatic carbocycles. The molecule has 0 saturated carbocycles. The molecular formula is C16H21N3O4S2. The molecule has 0 unspecified atom stereocenters. The minimum Gasteiger partial charge on any atom is -0.455 e. The minimum atomic E-state index is -0.470. The highest BCUT2D eigenvalue weighted by atomic mass is 32.2. The van der Waals surface area contributed by atoms with Crippen LogP contribution < -0.4 is 5.56 Å². The number of fused-ring (bicyclic) bond motifs is 1. The zero-order chi connectivity index (χ0) is 18.7. The largest absolute Gasteiger partial charge is 0.455 e. The third-order valence-electron chi connectivity index (χ3n) is 3.73. The highest BCUT2D eigenvalue weighted by molar-refractivity contribution is 7.99. The standard InChI is InChI=1S/C16H21N3O4S2/c1-8-9(2)25-15-13(8)14(21)17-11(18-15)7-24-10(3)16(22)23-6-12(20)19(4)5/h10H,6-7H2,1-5H3,(H,17,18,21)/t10-/m0/s1. The van der Waals surface area contributed by atoms with Crippen molar-refractivity contribution in [2.45, 2.75) is 31.8 Å². The number of ether oxygens (including phenoxy) is 1. The molecule has 1 atom stereocenters. The van der Waals surface area contributed by atoms with E-state index in [2.05, 4.69) is 9.97 Å². The average Bonchev–Trinajstić information content (AvgIpc) is 2.84. The van der Waals surface area contributed by atoms with Crippen LogP contribution in [0.4, 0.5) is 0 Å². The zero-order valence-electron chi connectivity index (χ0n) is 14.8. The number of aromatic amines is 1. The van der Waals surface area contributed by atoms with Crippen LogP contribution in [-0.2, 0) is 20.1 Å². The molecule has 2 heterocycles. The number of amides is 1. The van der Waals surface area contributed by atoms with Crippen molar-refractivity contribution in [3.8, 4) is 0 Å². The number of thioether (sulfide) groups is 1. The third-order valence-corrected chi connectivity index (χ3v) is 5.96. The molecule has 0 aliphatic rings. The number of esters is 1. The number of carbonyl (C=O) groups is 2. The summed E-state index contributed by atoms with van der Waals surface area (Å²) < 4.78 is 4.99. The molecule has 1 N–H and O–H groups in total. The maximum absolute atomic E-state index is 12.2. The topological polar surface area (TPSA) is 92.4 Å². The van der Waals surface area contributed by atoms with Gasteiger partial charge < -0.3 is 14.6 Å². The van der Waals surface area contributed by atoms with Crippen LogP contribution in [0.25, 0.3) is 10.2 Å². The fraction of sp³-hybridized carbons (Fsp3) is 0.500. The van der Waals surface area contributed by atoms with E-state index in [4.69, 9.17) is 4.74 Å². The molecule has 0 spiro atoms. The highest BCUT2D eigenvalue weighted by Crippen LogP contribution is 2.26. The Balaban J connectivity index is 1.99. The summed E-state index contributed by atoms with van der Waals surface area (Å²) in [5.74, 6) is 0.156. The average molecular weight is 383 g/mol. The molecule has 0 radical (unpaired) electrons. The van der Waals surface area contributed by atoms with E-state index in [-0.39, 0.29) is 18.1 Å². The Hall–Kier alpha value is -1.87. The number of nitrogens with zero attached hydrogens (tertiary/aromatic N) is 2. The molecule has 0 saturated heterocycles. The van der Waals surface area contributed by atoms with E-state index in [1.165, 1.54) is 28.0 Å². The number of aryl methyl sites for hydroxylation is 2. The van der Waals surface area contributed by atoms with E-state index >= 15 is 0 Å². The van der Waals surface area contributed by atoms with E-state index in [1.54, 1.807) is 21.0 Å². The SMILES string of the molecule is Cc1sc2nc(CS[C@@H](C)C(=O)OCC(=O)N(C)C)[nH]c(=O)c2c1C. The van der Waals surface area contributed by atoms with Crippen LogP contribution in [-0.4, -0.2) is 52.7 Å². The van der Waals surface area contributed by atoms with Gasteiger partial charge in [-0.25, -0.2) is 4.98 Å². The Labute approximate surface area is 153 Å². The summed E-state index contributed by atoms with van der Waals surface area (Å²) >= 11 is 2.79. The van der Waals surface area contributed by atoms with Gasteiger partial charge in [-0.05, 0) is 26.3 Å². The van der Waals surface area contributed by atoms with Gasteiger partial charge in [0.15, 0.2) is 6.61 Å². The first-order chi connectivity index (χ1) is 11.7. The fourth-order valence-electron chi connectivity index (χ4n) is 2.02. The van der Waals surface area contributed by atoms with Gasteiger partial charge in [0.25, 0.3) is 11.5 Å². The van der Waals surface area contributed by atoms with Gasteiger partial charge in [-0.15, -0.1) is 23.1 Å². The van der Waals surface area contributed by atoms with E-state index in [0.29, 0.717) is 21.8 Å². The summed E-state index contributed by atoms with van der Waals surface area (Å²) in [5.41, 5.74) is 0.796. The number of hydrogen-bond donors (Lipinski definition) is 1. The maximum Gasteiger partial charge on any atom is 0.319 e. The van der Waals surface area contributed by atoms with Crippen molar-refractivity contribution in [2.24, 2.45) is 0 Å². The van der Waals surface area contributed by atoms with Crippen LogP contribution in [0.5, 0.6) is 0 Å². The molecule has 7 nitrogen and oxygen atoms in total. The summed E-state index contributed by atoms with van der Waals surface area (Å²) in [7, 11) is 3.20. The molecule has 1 amide bonds. The number of aromatic nitrogens is 2. The summed E-state index contributed by atoms with van der Waals surface area (Å²) in [6.07, 6.45) is 0. The Morgan fingerprint density at radius 2 is 2.04 bits per heavy atom. The second-order valence-corrected chi connectivity index (χ2v) is 8.36. The van der Waals surface area contributed by atoms with Crippen LogP contribution in [0.15, 0.2) is 4.79 Å². The molecule has 0 aliphatic carbocycles. The van der Waals surface area contributed by atoms with Crippen molar-refractivity contribution in [1.82, 2.24) is 14.9 Å². The number of hydrogen-bond acceptors (Lipinski definition) is 7. The van der Waals surface area contributed by atoms with Crippen LogP contribution in [0.3, 0.4) is 0 Å². The molecule has 136 valence electrons. The van der Waals surface area contributed by atoms with E-state index in [9.17, 15) is 14.4 Å². The lowest BCUT2D eigenvalue weighted by Crippen LogP contribution is -2.29. The van der Waals surface area contributed by atoms with Gasteiger partial charge in [-0.2, -0.15) is 0 Å². The van der Waals surface area contributed by atoms with Crippen molar-refractivity contribution >= 4 is 45.2 Å². The molecule has 2 rings (SSSR count). The lowest BCUT2D eigenvalue weighted by molar-refractivity contribution is -0.150. The molecule has 0 aliphatic heterocycles. The first-order valence-electron chi connectivity index (χ1n) is 7.68. The summed E-state index contributed by atoms with van der Waals surface area (Å²) in [6.45, 7) is 5.30. The van der Waals surface area contributed by atoms with Gasteiger partial charge in [0.05, 0.1) is 11.1 Å². The minimum absolute atomic E-state index is 0.158. The molecule has 2 aromatic heterocycles. The van der Waals surface area contributed by atoms with Crippen molar-refractivity contribution in [3.05, 3.63) is 26.6 Å². The number of carbonyl (C=O) groups excluding carboxylic acids is 2. The van der Waals surface area contributed by atoms with Gasteiger partial charge >= 0.3 is 5.97 Å². The second kappa shape index (κ2) is 8.01. The molecule has 9 heteroatoms. The second-order valence-electron chi connectivity index (χ2n) is 5.83. The summed E-state index contributed by atoms with van der Waals surface area (Å²) in [4.78, 5) is 46.0. The molecule has 0 fully saturated rings. The fourth-order valence-corrected chi connectivity index (χ4v) is 3.82. The van der Waals surface area contributed by atoms with Crippen LogP contribution in [0.1, 0.15) is 23.2 Å². The maximum atomic E-state index is 12.2.